The second-order valence-corrected chi connectivity index (χ2v) is 9.38. The number of aliphatic imine (C=N–C) groups is 1. The quantitative estimate of drug-likeness (QED) is 0.290. The molecule has 1 heterocycles. The molecule has 1 aromatic carbocycles. The van der Waals surface area contributed by atoms with Crippen molar-refractivity contribution in [3.63, 3.8) is 0 Å². The second-order valence-electron chi connectivity index (χ2n) is 7.49. The molecule has 0 saturated carbocycles. The molecule has 0 radical (unpaired) electrons. The maximum atomic E-state index is 11.8. The first-order valence-corrected chi connectivity index (χ1v) is 11.0. The average Bonchev–Trinajstić information content (AvgIpc) is 2.69. The molecule has 0 aromatic heterocycles. The fourth-order valence-electron chi connectivity index (χ4n) is 3.22. The molecule has 1 fully saturated rings. The van der Waals surface area contributed by atoms with Gasteiger partial charge in [0.05, 0.1) is 4.90 Å². The van der Waals surface area contributed by atoms with Gasteiger partial charge >= 0.3 is 0 Å². The number of halogens is 1. The van der Waals surface area contributed by atoms with Gasteiger partial charge < -0.3 is 10.6 Å². The summed E-state index contributed by atoms with van der Waals surface area (Å²) in [7, 11) is -0.233. The molecule has 0 atom stereocenters. The topological polar surface area (TPSA) is 85.8 Å². The summed E-state index contributed by atoms with van der Waals surface area (Å²) in [6.07, 6.45) is 3.88. The number of rotatable bonds is 7. The van der Waals surface area contributed by atoms with E-state index < -0.39 is 10.0 Å². The largest absolute Gasteiger partial charge is 0.355 e. The summed E-state index contributed by atoms with van der Waals surface area (Å²) < 4.78 is 25.9. The monoisotopic (exact) mass is 523 g/mol. The fourth-order valence-corrected chi connectivity index (χ4v) is 3.95. The minimum Gasteiger partial charge on any atom is -0.355 e. The molecule has 0 aliphatic carbocycles. The first kappa shape index (κ1) is 25.1. The summed E-state index contributed by atoms with van der Waals surface area (Å²) >= 11 is 0. The zero-order valence-corrected chi connectivity index (χ0v) is 20.4. The number of guanidine groups is 1. The van der Waals surface area contributed by atoms with Gasteiger partial charge in [0.2, 0.25) is 10.0 Å². The third kappa shape index (κ3) is 7.16. The highest BCUT2D eigenvalue weighted by molar-refractivity contribution is 14.0. The van der Waals surface area contributed by atoms with Gasteiger partial charge in [0.15, 0.2) is 5.96 Å². The average molecular weight is 523 g/mol. The Morgan fingerprint density at radius 1 is 1.11 bits per heavy atom. The first-order valence-electron chi connectivity index (χ1n) is 9.50. The van der Waals surface area contributed by atoms with Gasteiger partial charge in [0.25, 0.3) is 0 Å². The molecule has 0 unspecified atom stereocenters. The lowest BCUT2D eigenvalue weighted by molar-refractivity contribution is 0.0982. The van der Waals surface area contributed by atoms with Gasteiger partial charge in [-0.2, -0.15) is 0 Å². The third-order valence-corrected chi connectivity index (χ3v) is 6.52. The van der Waals surface area contributed by atoms with Crippen LogP contribution >= 0.6 is 24.0 Å². The van der Waals surface area contributed by atoms with E-state index in [0.29, 0.717) is 6.54 Å². The van der Waals surface area contributed by atoms with E-state index in [2.05, 4.69) is 39.1 Å². The summed E-state index contributed by atoms with van der Waals surface area (Å²) in [6.45, 7) is 8.22. The third-order valence-electron chi connectivity index (χ3n) is 5.09. The summed E-state index contributed by atoms with van der Waals surface area (Å²) in [5.41, 5.74) is 1.06. The van der Waals surface area contributed by atoms with Gasteiger partial charge in [0.1, 0.15) is 0 Å². The Balaban J connectivity index is 0.00000392. The van der Waals surface area contributed by atoms with Crippen LogP contribution < -0.4 is 15.4 Å². The van der Waals surface area contributed by atoms with E-state index in [1.54, 1.807) is 19.2 Å². The van der Waals surface area contributed by atoms with E-state index in [1.165, 1.54) is 26.3 Å². The minimum atomic E-state index is -3.40. The number of piperidine rings is 1. The molecule has 1 saturated heterocycles. The molecule has 160 valence electrons. The summed E-state index contributed by atoms with van der Waals surface area (Å²) in [5, 5.41) is 6.70. The summed E-state index contributed by atoms with van der Waals surface area (Å²) in [5.74, 6) is 0.743. The van der Waals surface area contributed by atoms with Crippen LogP contribution in [-0.2, 0) is 16.6 Å². The number of nitrogens with zero attached hydrogens (tertiary/aromatic N) is 2. The van der Waals surface area contributed by atoms with Crippen molar-refractivity contribution in [2.75, 3.05) is 33.7 Å². The standard InChI is InChI=1S/C19H33N5O2S.HI/c1-19(2,24-12-6-5-7-13-24)15-23-18(20-3)22-14-16-8-10-17(11-9-16)27(25,26)21-4;/h8-11,21H,5-7,12-15H2,1-4H3,(H2,20,22,23);1H. The Labute approximate surface area is 186 Å². The van der Waals surface area contributed by atoms with Crippen LogP contribution in [0.2, 0.25) is 0 Å². The van der Waals surface area contributed by atoms with Crippen LogP contribution in [0.15, 0.2) is 34.2 Å². The van der Waals surface area contributed by atoms with Crippen molar-refractivity contribution in [2.45, 2.75) is 50.1 Å². The molecule has 28 heavy (non-hydrogen) atoms. The number of likely N-dealkylation sites (tertiary alicyclic amines) is 1. The zero-order chi connectivity index (χ0) is 19.9. The molecule has 1 aliphatic heterocycles. The molecular formula is C19H34IN5O2S. The van der Waals surface area contributed by atoms with Crippen molar-refractivity contribution >= 4 is 40.0 Å². The molecule has 3 N–H and O–H groups in total. The van der Waals surface area contributed by atoms with Crippen molar-refractivity contribution < 1.29 is 8.42 Å². The molecule has 0 amide bonds. The number of nitrogens with one attached hydrogen (secondary N) is 3. The molecule has 0 spiro atoms. The van der Waals surface area contributed by atoms with Gasteiger partial charge in [-0.1, -0.05) is 18.6 Å². The number of sulfonamides is 1. The SMILES string of the molecule is CN=C(NCc1ccc(S(=O)(=O)NC)cc1)NCC(C)(C)N1CCCCC1.I. The Morgan fingerprint density at radius 2 is 1.71 bits per heavy atom. The normalized spacial score (nSPS) is 16.4. The maximum Gasteiger partial charge on any atom is 0.240 e. The van der Waals surface area contributed by atoms with E-state index >= 15 is 0 Å². The molecule has 0 bridgehead atoms. The van der Waals surface area contributed by atoms with Crippen LogP contribution in [0.1, 0.15) is 38.7 Å². The highest BCUT2D eigenvalue weighted by atomic mass is 127. The number of hydrogen-bond donors (Lipinski definition) is 3. The van der Waals surface area contributed by atoms with Crippen LogP contribution in [0.25, 0.3) is 0 Å². The van der Waals surface area contributed by atoms with E-state index in [0.717, 1.165) is 31.2 Å². The highest BCUT2D eigenvalue weighted by Crippen LogP contribution is 2.19. The van der Waals surface area contributed by atoms with Crippen molar-refractivity contribution in [1.82, 2.24) is 20.3 Å². The fraction of sp³-hybridized carbons (Fsp3) is 0.632. The van der Waals surface area contributed by atoms with Crippen molar-refractivity contribution in [1.29, 1.82) is 0 Å². The molecule has 7 nitrogen and oxygen atoms in total. The Kier molecular flexibility index (Phi) is 10.2. The van der Waals surface area contributed by atoms with Crippen LogP contribution in [0.4, 0.5) is 0 Å². The summed E-state index contributed by atoms with van der Waals surface area (Å²) in [4.78, 5) is 7.09. The lowest BCUT2D eigenvalue weighted by atomic mass is 9.98. The van der Waals surface area contributed by atoms with Crippen molar-refractivity contribution in [3.05, 3.63) is 29.8 Å². The van der Waals surface area contributed by atoms with E-state index in [4.69, 9.17) is 0 Å². The number of hydrogen-bond acceptors (Lipinski definition) is 4. The minimum absolute atomic E-state index is 0. The first-order chi connectivity index (χ1) is 12.8. The van der Waals surface area contributed by atoms with Gasteiger partial charge in [-0.25, -0.2) is 13.1 Å². The summed E-state index contributed by atoms with van der Waals surface area (Å²) in [6, 6.07) is 6.83. The van der Waals surface area contributed by atoms with Crippen LogP contribution in [0.5, 0.6) is 0 Å². The zero-order valence-electron chi connectivity index (χ0n) is 17.3. The van der Waals surface area contributed by atoms with Gasteiger partial charge in [-0.05, 0) is 64.5 Å². The second kappa shape index (κ2) is 11.3. The molecule has 9 heteroatoms. The number of benzene rings is 1. The Bertz CT molecular complexity index is 729. The molecular weight excluding hydrogens is 489 g/mol. The van der Waals surface area contributed by atoms with Gasteiger partial charge in [0, 0.05) is 25.7 Å². The van der Waals surface area contributed by atoms with Crippen molar-refractivity contribution in [3.8, 4) is 0 Å². The molecule has 2 rings (SSSR count). The Morgan fingerprint density at radius 3 is 2.25 bits per heavy atom. The molecule has 1 aromatic rings. The van der Waals surface area contributed by atoms with E-state index in [-0.39, 0.29) is 34.4 Å². The highest BCUT2D eigenvalue weighted by Gasteiger charge is 2.27. The van der Waals surface area contributed by atoms with Crippen LogP contribution in [-0.4, -0.2) is 58.5 Å². The van der Waals surface area contributed by atoms with Gasteiger partial charge in [-0.15, -0.1) is 24.0 Å². The predicted octanol–water partition coefficient (Wildman–Crippen LogP) is 2.14. The van der Waals surface area contributed by atoms with Crippen LogP contribution in [0.3, 0.4) is 0 Å². The van der Waals surface area contributed by atoms with Gasteiger partial charge in [-0.3, -0.25) is 9.89 Å². The Hall–Kier alpha value is -0.910. The van der Waals surface area contributed by atoms with Crippen molar-refractivity contribution in [2.24, 2.45) is 4.99 Å². The lowest BCUT2D eigenvalue weighted by Gasteiger charge is -2.41. The maximum absolute atomic E-state index is 11.8. The lowest BCUT2D eigenvalue weighted by Crippen LogP contribution is -2.54. The smallest absolute Gasteiger partial charge is 0.240 e. The molecule has 1 aliphatic rings. The van der Waals surface area contributed by atoms with Crippen LogP contribution in [0, 0.1) is 0 Å². The predicted molar refractivity (Wildman–Crippen MR) is 126 cm³/mol. The van der Waals surface area contributed by atoms with E-state index in [1.807, 2.05) is 12.1 Å². The van der Waals surface area contributed by atoms with E-state index in [9.17, 15) is 8.42 Å².